The topological polar surface area (TPSA) is 54.9 Å². The molecule has 124 valence electrons. The van der Waals surface area contributed by atoms with E-state index in [-0.39, 0.29) is 11.4 Å². The summed E-state index contributed by atoms with van der Waals surface area (Å²) in [5.74, 6) is 3.15. The second-order valence-electron chi connectivity index (χ2n) is 7.97. The molecular weight excluding hydrogens is 306 g/mol. The summed E-state index contributed by atoms with van der Waals surface area (Å²) in [6, 6.07) is 1.96. The van der Waals surface area contributed by atoms with Crippen LogP contribution in [0.5, 0.6) is 0 Å². The monoisotopic (exact) mass is 331 g/mol. The van der Waals surface area contributed by atoms with Crippen molar-refractivity contribution in [1.82, 2.24) is 15.3 Å². The summed E-state index contributed by atoms with van der Waals surface area (Å²) in [6.45, 7) is 3.93. The van der Waals surface area contributed by atoms with Gasteiger partial charge < -0.3 is 5.32 Å². The smallest absolute Gasteiger partial charge is 0.230 e. The highest BCUT2D eigenvalue weighted by Crippen LogP contribution is 2.55. The number of thioether (sulfide) groups is 1. The summed E-state index contributed by atoms with van der Waals surface area (Å²) in [4.78, 5) is 21.3. The molecule has 0 aromatic carbocycles. The van der Waals surface area contributed by atoms with Gasteiger partial charge in [0.15, 0.2) is 5.16 Å². The van der Waals surface area contributed by atoms with Crippen LogP contribution < -0.4 is 5.32 Å². The van der Waals surface area contributed by atoms with Crippen molar-refractivity contribution in [3.05, 3.63) is 17.5 Å². The van der Waals surface area contributed by atoms with Gasteiger partial charge in [-0.25, -0.2) is 9.97 Å². The van der Waals surface area contributed by atoms with Crippen LogP contribution in [0, 0.1) is 31.6 Å². The fourth-order valence-electron chi connectivity index (χ4n) is 5.48. The highest BCUT2D eigenvalue weighted by Gasteiger charge is 2.51. The van der Waals surface area contributed by atoms with Crippen LogP contribution in [0.2, 0.25) is 0 Å². The molecule has 0 atom stereocenters. The van der Waals surface area contributed by atoms with E-state index < -0.39 is 0 Å². The van der Waals surface area contributed by atoms with Gasteiger partial charge in [0.1, 0.15) is 0 Å². The van der Waals surface area contributed by atoms with Gasteiger partial charge >= 0.3 is 0 Å². The number of carbonyl (C=O) groups excluding carboxylic acids is 1. The highest BCUT2D eigenvalue weighted by atomic mass is 32.2. The van der Waals surface area contributed by atoms with E-state index in [0.717, 1.165) is 29.1 Å². The number of nitrogens with zero attached hydrogens (tertiary/aromatic N) is 2. The Hall–Kier alpha value is -1.10. The van der Waals surface area contributed by atoms with E-state index in [9.17, 15) is 4.79 Å². The molecule has 1 aromatic rings. The number of rotatable bonds is 4. The van der Waals surface area contributed by atoms with Gasteiger partial charge in [0.2, 0.25) is 5.91 Å². The van der Waals surface area contributed by atoms with E-state index in [2.05, 4.69) is 15.3 Å². The number of nitrogens with one attached hydrogen (secondary N) is 1. The van der Waals surface area contributed by atoms with Crippen LogP contribution in [0.4, 0.5) is 0 Å². The Bertz CT molecular complexity index is 575. The Morgan fingerprint density at radius 3 is 2.17 bits per heavy atom. The molecule has 4 nitrogen and oxygen atoms in total. The highest BCUT2D eigenvalue weighted by molar-refractivity contribution is 7.99. The summed E-state index contributed by atoms with van der Waals surface area (Å²) in [5, 5.41) is 4.12. The lowest BCUT2D eigenvalue weighted by molar-refractivity contribution is -0.124. The summed E-state index contributed by atoms with van der Waals surface area (Å²) in [5.41, 5.74) is 2.03. The molecule has 23 heavy (non-hydrogen) atoms. The molecular formula is C18H25N3OS. The third kappa shape index (κ3) is 3.25. The standard InChI is InChI=1S/C18H25N3OS/c1-11-3-12(2)20-17(19-11)23-10-16(22)21-18-7-13-4-14(8-18)6-15(5-13)9-18/h3,13-15H,4-10H2,1-2H3,(H,21,22). The van der Waals surface area contributed by atoms with Crippen LogP contribution in [0.3, 0.4) is 0 Å². The molecule has 4 bridgehead atoms. The summed E-state index contributed by atoms with van der Waals surface area (Å²) in [6.07, 6.45) is 7.82. The minimum absolute atomic E-state index is 0.107. The molecule has 4 fully saturated rings. The normalized spacial score (nSPS) is 34.6. The zero-order chi connectivity index (χ0) is 16.0. The van der Waals surface area contributed by atoms with Gasteiger partial charge in [0.25, 0.3) is 0 Å². The van der Waals surface area contributed by atoms with E-state index >= 15 is 0 Å². The van der Waals surface area contributed by atoms with Crippen molar-refractivity contribution in [1.29, 1.82) is 0 Å². The Balaban J connectivity index is 1.37. The van der Waals surface area contributed by atoms with E-state index in [1.54, 1.807) is 0 Å². The van der Waals surface area contributed by atoms with Crippen molar-refractivity contribution in [2.75, 3.05) is 5.75 Å². The lowest BCUT2D eigenvalue weighted by atomic mass is 9.53. The third-order valence-corrected chi connectivity index (χ3v) is 6.58. The van der Waals surface area contributed by atoms with Crippen molar-refractivity contribution in [3.63, 3.8) is 0 Å². The Labute approximate surface area is 142 Å². The summed E-state index contributed by atoms with van der Waals surface area (Å²) >= 11 is 1.45. The van der Waals surface area contributed by atoms with Crippen molar-refractivity contribution in [2.45, 2.75) is 63.1 Å². The predicted molar refractivity (Wildman–Crippen MR) is 91.3 cm³/mol. The molecule has 0 radical (unpaired) electrons. The molecule has 1 aromatic heterocycles. The molecule has 1 amide bonds. The second-order valence-corrected chi connectivity index (χ2v) is 8.91. The Kier molecular flexibility index (Phi) is 3.87. The zero-order valence-electron chi connectivity index (χ0n) is 14.0. The first-order chi connectivity index (χ1) is 11.0. The van der Waals surface area contributed by atoms with Gasteiger partial charge in [-0.3, -0.25) is 4.79 Å². The first-order valence-electron chi connectivity index (χ1n) is 8.76. The predicted octanol–water partition coefficient (Wildman–Crippen LogP) is 3.27. The van der Waals surface area contributed by atoms with Crippen LogP contribution in [-0.2, 0) is 4.79 Å². The lowest BCUT2D eigenvalue weighted by Gasteiger charge is -2.56. The van der Waals surface area contributed by atoms with Gasteiger partial charge in [-0.05, 0) is 76.2 Å². The fraction of sp³-hybridized carbons (Fsp3) is 0.722. The third-order valence-electron chi connectivity index (χ3n) is 5.74. The quantitative estimate of drug-likeness (QED) is 0.679. The molecule has 0 spiro atoms. The number of carbonyl (C=O) groups is 1. The van der Waals surface area contributed by atoms with Gasteiger partial charge in [-0.2, -0.15) is 0 Å². The van der Waals surface area contributed by atoms with Crippen molar-refractivity contribution in [2.24, 2.45) is 17.8 Å². The molecule has 5 heteroatoms. The minimum atomic E-state index is 0.107. The number of aromatic nitrogens is 2. The van der Waals surface area contributed by atoms with Gasteiger partial charge in [0.05, 0.1) is 5.75 Å². The molecule has 5 rings (SSSR count). The number of aryl methyl sites for hydroxylation is 2. The first-order valence-corrected chi connectivity index (χ1v) is 9.74. The fourth-order valence-corrected chi connectivity index (χ4v) is 6.23. The van der Waals surface area contributed by atoms with Crippen molar-refractivity contribution < 1.29 is 4.79 Å². The van der Waals surface area contributed by atoms with E-state index in [4.69, 9.17) is 0 Å². The molecule has 4 aliphatic rings. The van der Waals surface area contributed by atoms with Crippen LogP contribution >= 0.6 is 11.8 Å². The number of hydrogen-bond acceptors (Lipinski definition) is 4. The van der Waals surface area contributed by atoms with Crippen molar-refractivity contribution >= 4 is 17.7 Å². The summed E-state index contributed by atoms with van der Waals surface area (Å²) in [7, 11) is 0. The maximum atomic E-state index is 12.5. The Morgan fingerprint density at radius 2 is 1.65 bits per heavy atom. The van der Waals surface area contributed by atoms with E-state index in [1.165, 1.54) is 50.3 Å². The maximum Gasteiger partial charge on any atom is 0.230 e. The Morgan fingerprint density at radius 1 is 1.13 bits per heavy atom. The SMILES string of the molecule is Cc1cc(C)nc(SCC(=O)NC23CC4CC(CC(C4)C2)C3)n1. The second kappa shape index (κ2) is 5.76. The van der Waals surface area contributed by atoms with Gasteiger partial charge in [0, 0.05) is 16.9 Å². The largest absolute Gasteiger partial charge is 0.350 e. The molecule has 0 saturated heterocycles. The molecule has 0 unspecified atom stereocenters. The zero-order valence-corrected chi connectivity index (χ0v) is 14.8. The van der Waals surface area contributed by atoms with E-state index in [1.807, 2.05) is 19.9 Å². The van der Waals surface area contributed by atoms with Crippen LogP contribution in [0.1, 0.15) is 49.9 Å². The van der Waals surface area contributed by atoms with Gasteiger partial charge in [-0.15, -0.1) is 0 Å². The number of hydrogen-bond donors (Lipinski definition) is 1. The van der Waals surface area contributed by atoms with Crippen molar-refractivity contribution in [3.8, 4) is 0 Å². The van der Waals surface area contributed by atoms with E-state index in [0.29, 0.717) is 10.9 Å². The van der Waals surface area contributed by atoms with Gasteiger partial charge in [-0.1, -0.05) is 11.8 Å². The molecule has 1 N–H and O–H groups in total. The molecule has 4 saturated carbocycles. The minimum Gasteiger partial charge on any atom is -0.350 e. The molecule has 1 heterocycles. The number of amides is 1. The summed E-state index contributed by atoms with van der Waals surface area (Å²) < 4.78 is 0. The maximum absolute atomic E-state index is 12.5. The van der Waals surface area contributed by atoms with Crippen LogP contribution in [0.15, 0.2) is 11.2 Å². The first kappa shape index (κ1) is 15.4. The lowest BCUT2D eigenvalue weighted by Crippen LogP contribution is -2.60. The molecule has 4 aliphatic carbocycles. The average molecular weight is 331 g/mol. The average Bonchev–Trinajstić information content (AvgIpc) is 2.42. The molecule has 0 aliphatic heterocycles. The van der Waals surface area contributed by atoms with Crippen LogP contribution in [0.25, 0.3) is 0 Å². The van der Waals surface area contributed by atoms with Crippen LogP contribution in [-0.4, -0.2) is 27.2 Å².